The van der Waals surface area contributed by atoms with Gasteiger partial charge in [-0.15, -0.1) is 0 Å². The van der Waals surface area contributed by atoms with Crippen molar-refractivity contribution < 1.29 is 14.4 Å². The Morgan fingerprint density at radius 3 is 2.39 bits per heavy atom. The highest BCUT2D eigenvalue weighted by molar-refractivity contribution is 5.84. The van der Waals surface area contributed by atoms with Gasteiger partial charge in [-0.05, 0) is 19.8 Å². The molecule has 0 aromatic carbocycles. The van der Waals surface area contributed by atoms with E-state index in [0.717, 1.165) is 12.8 Å². The summed E-state index contributed by atoms with van der Waals surface area (Å²) < 4.78 is 0. The van der Waals surface area contributed by atoms with Crippen molar-refractivity contribution in [2.75, 3.05) is 13.1 Å². The number of hydrogen-bond acceptors (Lipinski definition) is 3. The first-order chi connectivity index (χ1) is 8.45. The second-order valence-electron chi connectivity index (χ2n) is 4.03. The summed E-state index contributed by atoms with van der Waals surface area (Å²) >= 11 is 0. The topological polar surface area (TPSA) is 113 Å². The zero-order chi connectivity index (χ0) is 14.0. The number of amides is 4. The van der Waals surface area contributed by atoms with E-state index in [9.17, 15) is 14.4 Å². The zero-order valence-electron chi connectivity index (χ0n) is 10.9. The van der Waals surface area contributed by atoms with Crippen LogP contribution in [0.15, 0.2) is 0 Å². The van der Waals surface area contributed by atoms with Gasteiger partial charge in [0.1, 0.15) is 0 Å². The summed E-state index contributed by atoms with van der Waals surface area (Å²) in [4.78, 5) is 32.7. The molecule has 7 nitrogen and oxygen atoms in total. The van der Waals surface area contributed by atoms with Gasteiger partial charge in [0.05, 0.1) is 6.54 Å². The predicted octanol–water partition coefficient (Wildman–Crippen LogP) is -0.534. The molecular weight excluding hydrogens is 236 g/mol. The number of nitrogens with two attached hydrogens (primary N) is 1. The minimum Gasteiger partial charge on any atom is -0.352 e. The number of rotatable bonds is 8. The summed E-state index contributed by atoms with van der Waals surface area (Å²) in [6.07, 6.45) is 1.82. The maximum absolute atomic E-state index is 11.4. The summed E-state index contributed by atoms with van der Waals surface area (Å²) in [7, 11) is 0. The van der Waals surface area contributed by atoms with Gasteiger partial charge in [0.25, 0.3) is 0 Å². The molecule has 0 spiro atoms. The highest BCUT2D eigenvalue weighted by Gasteiger charge is 2.08. The summed E-state index contributed by atoms with van der Waals surface area (Å²) in [5.41, 5.74) is 4.91. The Labute approximate surface area is 107 Å². The molecule has 0 saturated carbocycles. The number of carbonyl (C=O) groups excluding carboxylic acids is 3. The standard InChI is InChI=1S/C11H22N4O3/c1-3-9(16)14-7-10(17)15-8(2)5-4-6-13-11(12)18/h8H,3-7H2,1-2H3,(H,14,16)(H,15,17)(H3,12,13,18). The summed E-state index contributed by atoms with van der Waals surface area (Å²) in [5, 5.41) is 7.72. The number of hydrogen-bond donors (Lipinski definition) is 4. The maximum Gasteiger partial charge on any atom is 0.312 e. The summed E-state index contributed by atoms with van der Waals surface area (Å²) in [6, 6.07) is -0.556. The molecule has 0 bridgehead atoms. The monoisotopic (exact) mass is 258 g/mol. The molecule has 0 aliphatic rings. The van der Waals surface area contributed by atoms with Crippen LogP contribution in [-0.2, 0) is 9.59 Å². The van der Waals surface area contributed by atoms with Gasteiger partial charge in [0.15, 0.2) is 0 Å². The maximum atomic E-state index is 11.4. The van der Waals surface area contributed by atoms with E-state index in [1.807, 2.05) is 6.92 Å². The molecule has 0 aromatic rings. The lowest BCUT2D eigenvalue weighted by Gasteiger charge is -2.14. The van der Waals surface area contributed by atoms with Crippen LogP contribution in [0.1, 0.15) is 33.1 Å². The Morgan fingerprint density at radius 2 is 1.83 bits per heavy atom. The van der Waals surface area contributed by atoms with E-state index in [2.05, 4.69) is 16.0 Å². The molecule has 5 N–H and O–H groups in total. The first-order valence-corrected chi connectivity index (χ1v) is 6.05. The van der Waals surface area contributed by atoms with E-state index in [-0.39, 0.29) is 24.4 Å². The van der Waals surface area contributed by atoms with Crippen LogP contribution >= 0.6 is 0 Å². The van der Waals surface area contributed by atoms with Crippen LogP contribution in [0.25, 0.3) is 0 Å². The Kier molecular flexibility index (Phi) is 8.34. The Balaban J connectivity index is 3.61. The van der Waals surface area contributed by atoms with Crippen LogP contribution in [-0.4, -0.2) is 37.0 Å². The van der Waals surface area contributed by atoms with Gasteiger partial charge in [-0.2, -0.15) is 0 Å². The Hall–Kier alpha value is -1.79. The molecule has 0 aliphatic carbocycles. The minimum absolute atomic E-state index is 0.00342. The molecular formula is C11H22N4O3. The second kappa shape index (κ2) is 9.26. The molecule has 0 rings (SSSR count). The van der Waals surface area contributed by atoms with Crippen LogP contribution in [0, 0.1) is 0 Å². The normalized spacial score (nSPS) is 11.4. The third kappa shape index (κ3) is 9.44. The largest absolute Gasteiger partial charge is 0.352 e. The lowest BCUT2D eigenvalue weighted by atomic mass is 10.2. The van der Waals surface area contributed by atoms with E-state index < -0.39 is 6.03 Å². The van der Waals surface area contributed by atoms with E-state index >= 15 is 0 Å². The van der Waals surface area contributed by atoms with Crippen LogP contribution in [0.5, 0.6) is 0 Å². The molecule has 7 heteroatoms. The SMILES string of the molecule is CCC(=O)NCC(=O)NC(C)CCCNC(N)=O. The molecule has 0 aromatic heterocycles. The van der Waals surface area contributed by atoms with Gasteiger partial charge in [0.2, 0.25) is 11.8 Å². The van der Waals surface area contributed by atoms with Crippen LogP contribution in [0.2, 0.25) is 0 Å². The van der Waals surface area contributed by atoms with Crippen LogP contribution in [0.4, 0.5) is 4.79 Å². The molecule has 0 radical (unpaired) electrons. The van der Waals surface area contributed by atoms with Gasteiger partial charge in [0, 0.05) is 19.0 Å². The van der Waals surface area contributed by atoms with E-state index in [0.29, 0.717) is 13.0 Å². The van der Waals surface area contributed by atoms with Crippen molar-refractivity contribution in [3.05, 3.63) is 0 Å². The average Bonchev–Trinajstić information content (AvgIpc) is 2.31. The molecule has 0 saturated heterocycles. The highest BCUT2D eigenvalue weighted by atomic mass is 16.2. The van der Waals surface area contributed by atoms with Crippen LogP contribution < -0.4 is 21.7 Å². The number of carbonyl (C=O) groups is 3. The molecule has 18 heavy (non-hydrogen) atoms. The highest BCUT2D eigenvalue weighted by Crippen LogP contribution is 1.94. The number of urea groups is 1. The quantitative estimate of drug-likeness (QED) is 0.439. The predicted molar refractivity (Wildman–Crippen MR) is 67.7 cm³/mol. The lowest BCUT2D eigenvalue weighted by molar-refractivity contribution is -0.126. The fourth-order valence-electron chi connectivity index (χ4n) is 1.32. The van der Waals surface area contributed by atoms with E-state index in [1.54, 1.807) is 6.92 Å². The van der Waals surface area contributed by atoms with Crippen molar-refractivity contribution >= 4 is 17.8 Å². The molecule has 0 aliphatic heterocycles. The van der Waals surface area contributed by atoms with Crippen molar-refractivity contribution in [2.24, 2.45) is 5.73 Å². The first kappa shape index (κ1) is 16.2. The third-order valence-corrected chi connectivity index (χ3v) is 2.29. The van der Waals surface area contributed by atoms with Crippen LogP contribution in [0.3, 0.4) is 0 Å². The van der Waals surface area contributed by atoms with Gasteiger partial charge in [-0.1, -0.05) is 6.92 Å². The zero-order valence-corrected chi connectivity index (χ0v) is 10.9. The minimum atomic E-state index is -0.547. The van der Waals surface area contributed by atoms with Gasteiger partial charge in [-0.3, -0.25) is 9.59 Å². The molecule has 1 unspecified atom stereocenters. The molecule has 1 atom stereocenters. The second-order valence-corrected chi connectivity index (χ2v) is 4.03. The van der Waals surface area contributed by atoms with Crippen molar-refractivity contribution in [2.45, 2.75) is 39.2 Å². The lowest BCUT2D eigenvalue weighted by Crippen LogP contribution is -2.41. The van der Waals surface area contributed by atoms with Gasteiger partial charge in [-0.25, -0.2) is 4.79 Å². The molecule has 4 amide bonds. The molecule has 0 heterocycles. The van der Waals surface area contributed by atoms with E-state index in [4.69, 9.17) is 5.73 Å². The Morgan fingerprint density at radius 1 is 1.17 bits per heavy atom. The Bertz CT molecular complexity index is 294. The summed E-state index contributed by atoms with van der Waals surface area (Å²) in [6.45, 7) is 4.07. The fourth-order valence-corrected chi connectivity index (χ4v) is 1.32. The van der Waals surface area contributed by atoms with Gasteiger partial charge >= 0.3 is 6.03 Å². The van der Waals surface area contributed by atoms with Gasteiger partial charge < -0.3 is 21.7 Å². The number of nitrogens with one attached hydrogen (secondary N) is 3. The van der Waals surface area contributed by atoms with Crippen molar-refractivity contribution in [3.8, 4) is 0 Å². The van der Waals surface area contributed by atoms with E-state index in [1.165, 1.54) is 0 Å². The smallest absolute Gasteiger partial charge is 0.312 e. The molecule has 0 fully saturated rings. The summed E-state index contributed by atoms with van der Waals surface area (Å²) in [5.74, 6) is -0.365. The molecule has 104 valence electrons. The van der Waals surface area contributed by atoms with Crippen molar-refractivity contribution in [3.63, 3.8) is 0 Å². The van der Waals surface area contributed by atoms with Crippen molar-refractivity contribution in [1.82, 2.24) is 16.0 Å². The fraction of sp³-hybridized carbons (Fsp3) is 0.727. The average molecular weight is 258 g/mol. The third-order valence-electron chi connectivity index (χ3n) is 2.29. The first-order valence-electron chi connectivity index (χ1n) is 6.05. The van der Waals surface area contributed by atoms with Crippen molar-refractivity contribution in [1.29, 1.82) is 0 Å². The number of primary amides is 1.